The quantitative estimate of drug-likeness (QED) is 0.613. The minimum absolute atomic E-state index is 0.127. The van der Waals surface area contributed by atoms with Crippen molar-refractivity contribution in [1.29, 1.82) is 0 Å². The lowest BCUT2D eigenvalue weighted by Crippen LogP contribution is -2.08. The summed E-state index contributed by atoms with van der Waals surface area (Å²) in [6.45, 7) is 0. The lowest BCUT2D eigenvalue weighted by atomic mass is 10.1. The van der Waals surface area contributed by atoms with E-state index in [4.69, 9.17) is 0 Å². The fraction of sp³-hybridized carbons (Fsp3) is 0.333. The third-order valence-corrected chi connectivity index (χ3v) is 3.34. The van der Waals surface area contributed by atoms with E-state index >= 15 is 0 Å². The lowest BCUT2D eigenvalue weighted by molar-refractivity contribution is 0.0598. The number of carbonyl (C=O) groups excluding carboxylic acids is 1. The van der Waals surface area contributed by atoms with Crippen LogP contribution in [-0.2, 0) is 10.1 Å². The Morgan fingerprint density at radius 2 is 2.25 bits per heavy atom. The largest absolute Gasteiger partial charge is 0.465 e. The third kappa shape index (κ3) is 2.57. The van der Waals surface area contributed by atoms with Crippen molar-refractivity contribution in [3.05, 3.63) is 27.5 Å². The fourth-order valence-corrected chi connectivity index (χ4v) is 2.70. The molecule has 0 aliphatic heterocycles. The van der Waals surface area contributed by atoms with Crippen LogP contribution in [0.3, 0.4) is 0 Å². The standard InChI is InChI=1S/C9H7Br2F2NO2/c1-16-9(15)5-3-14-7(8(12)13)6(11)4(5)2-10/h3,8H,2H2,1H3. The number of pyridine rings is 1. The van der Waals surface area contributed by atoms with Gasteiger partial charge in [-0.05, 0) is 21.5 Å². The predicted molar refractivity (Wildman–Crippen MR) is 60.9 cm³/mol. The van der Waals surface area contributed by atoms with Gasteiger partial charge in [-0.1, -0.05) is 15.9 Å². The second-order valence-electron chi connectivity index (χ2n) is 2.78. The second kappa shape index (κ2) is 5.67. The van der Waals surface area contributed by atoms with Crippen LogP contribution in [-0.4, -0.2) is 18.1 Å². The molecule has 0 N–H and O–H groups in total. The number of rotatable bonds is 3. The van der Waals surface area contributed by atoms with Crippen molar-refractivity contribution >= 4 is 37.8 Å². The van der Waals surface area contributed by atoms with Gasteiger partial charge in [-0.15, -0.1) is 0 Å². The fourth-order valence-electron chi connectivity index (χ4n) is 1.11. The summed E-state index contributed by atoms with van der Waals surface area (Å²) in [5.41, 5.74) is 0.176. The molecule has 0 unspecified atom stereocenters. The van der Waals surface area contributed by atoms with Gasteiger partial charge in [-0.2, -0.15) is 0 Å². The number of halogens is 4. The molecule has 0 spiro atoms. The summed E-state index contributed by atoms with van der Waals surface area (Å²) in [7, 11) is 1.22. The molecule has 1 aromatic rings. The molecule has 0 amide bonds. The molecule has 1 heterocycles. The average molecular weight is 359 g/mol. The third-order valence-electron chi connectivity index (χ3n) is 1.89. The first-order chi connectivity index (χ1) is 7.52. The molecule has 0 aliphatic carbocycles. The SMILES string of the molecule is COC(=O)c1cnc(C(F)F)c(Br)c1CBr. The summed E-state index contributed by atoms with van der Waals surface area (Å²) < 4.78 is 29.7. The highest BCUT2D eigenvalue weighted by atomic mass is 79.9. The summed E-state index contributed by atoms with van der Waals surface area (Å²) in [6.07, 6.45) is -1.60. The Bertz CT molecular complexity index is 413. The van der Waals surface area contributed by atoms with Gasteiger partial charge in [0.1, 0.15) is 5.69 Å². The van der Waals surface area contributed by atoms with Crippen molar-refractivity contribution in [2.24, 2.45) is 0 Å². The first kappa shape index (κ1) is 13.5. The zero-order chi connectivity index (χ0) is 12.3. The Kier molecular flexibility index (Phi) is 4.79. The number of hydrogen-bond donors (Lipinski definition) is 0. The maximum Gasteiger partial charge on any atom is 0.339 e. The number of ether oxygens (including phenoxy) is 1. The molecular formula is C9H7Br2F2NO2. The number of methoxy groups -OCH3 is 1. The monoisotopic (exact) mass is 357 g/mol. The van der Waals surface area contributed by atoms with Gasteiger partial charge in [0.05, 0.1) is 12.7 Å². The summed E-state index contributed by atoms with van der Waals surface area (Å²) in [4.78, 5) is 14.9. The molecule has 0 bridgehead atoms. The van der Waals surface area contributed by atoms with Crippen molar-refractivity contribution < 1.29 is 18.3 Å². The number of nitrogens with zero attached hydrogens (tertiary/aromatic N) is 1. The molecule has 88 valence electrons. The van der Waals surface area contributed by atoms with Crippen molar-refractivity contribution in [2.75, 3.05) is 7.11 Å². The zero-order valence-electron chi connectivity index (χ0n) is 8.14. The van der Waals surface area contributed by atoms with Crippen LogP contribution in [0.5, 0.6) is 0 Å². The van der Waals surface area contributed by atoms with Crippen molar-refractivity contribution in [2.45, 2.75) is 11.8 Å². The molecule has 0 aromatic carbocycles. The number of esters is 1. The van der Waals surface area contributed by atoms with E-state index in [1.807, 2.05) is 0 Å². The maximum absolute atomic E-state index is 12.5. The van der Waals surface area contributed by atoms with E-state index in [0.29, 0.717) is 5.56 Å². The molecule has 0 radical (unpaired) electrons. The zero-order valence-corrected chi connectivity index (χ0v) is 11.3. The Balaban J connectivity index is 3.35. The van der Waals surface area contributed by atoms with E-state index in [0.717, 1.165) is 6.20 Å². The highest BCUT2D eigenvalue weighted by molar-refractivity contribution is 9.10. The van der Waals surface area contributed by atoms with E-state index in [1.165, 1.54) is 7.11 Å². The van der Waals surface area contributed by atoms with Gasteiger partial charge in [-0.25, -0.2) is 13.6 Å². The molecule has 1 aromatic heterocycles. The van der Waals surface area contributed by atoms with E-state index in [9.17, 15) is 13.6 Å². The molecule has 7 heteroatoms. The van der Waals surface area contributed by atoms with Crippen LogP contribution >= 0.6 is 31.9 Å². The van der Waals surface area contributed by atoms with Crippen LogP contribution < -0.4 is 0 Å². The molecule has 0 saturated carbocycles. The van der Waals surface area contributed by atoms with Gasteiger partial charge >= 0.3 is 5.97 Å². The topological polar surface area (TPSA) is 39.2 Å². The molecule has 1 rings (SSSR count). The minimum Gasteiger partial charge on any atom is -0.465 e. The Morgan fingerprint density at radius 3 is 2.69 bits per heavy atom. The summed E-state index contributed by atoms with van der Waals surface area (Å²) >= 11 is 6.14. The average Bonchev–Trinajstić information content (AvgIpc) is 2.26. The minimum atomic E-state index is -2.70. The van der Waals surface area contributed by atoms with E-state index < -0.39 is 12.4 Å². The second-order valence-corrected chi connectivity index (χ2v) is 4.13. The number of carbonyl (C=O) groups is 1. The van der Waals surface area contributed by atoms with Crippen LogP contribution in [0.1, 0.15) is 28.0 Å². The Morgan fingerprint density at radius 1 is 1.62 bits per heavy atom. The van der Waals surface area contributed by atoms with Crippen LogP contribution in [0.4, 0.5) is 8.78 Å². The van der Waals surface area contributed by atoms with Gasteiger partial charge in [-0.3, -0.25) is 4.98 Å². The van der Waals surface area contributed by atoms with E-state index in [-0.39, 0.29) is 21.1 Å². The van der Waals surface area contributed by atoms with Gasteiger partial charge < -0.3 is 4.74 Å². The maximum atomic E-state index is 12.5. The van der Waals surface area contributed by atoms with Crippen LogP contribution in [0.25, 0.3) is 0 Å². The van der Waals surface area contributed by atoms with Crippen molar-refractivity contribution in [3.63, 3.8) is 0 Å². The number of alkyl halides is 3. The van der Waals surface area contributed by atoms with E-state index in [2.05, 4.69) is 41.6 Å². The summed E-state index contributed by atoms with van der Waals surface area (Å²) in [5, 5.41) is 0.250. The lowest BCUT2D eigenvalue weighted by Gasteiger charge is -2.10. The molecule has 0 saturated heterocycles. The summed E-state index contributed by atoms with van der Waals surface area (Å²) in [6, 6.07) is 0. The summed E-state index contributed by atoms with van der Waals surface area (Å²) in [5.74, 6) is -0.608. The molecule has 0 atom stereocenters. The highest BCUT2D eigenvalue weighted by Gasteiger charge is 2.21. The van der Waals surface area contributed by atoms with Crippen LogP contribution in [0, 0.1) is 0 Å². The smallest absolute Gasteiger partial charge is 0.339 e. The first-order valence-corrected chi connectivity index (χ1v) is 6.04. The van der Waals surface area contributed by atoms with Gasteiger partial charge in [0.2, 0.25) is 0 Å². The highest BCUT2D eigenvalue weighted by Crippen LogP contribution is 2.31. The molecule has 3 nitrogen and oxygen atoms in total. The van der Waals surface area contributed by atoms with Crippen LogP contribution in [0.15, 0.2) is 10.7 Å². The molecule has 0 fully saturated rings. The molecular weight excluding hydrogens is 352 g/mol. The molecule has 16 heavy (non-hydrogen) atoms. The predicted octanol–water partition coefficient (Wildman–Crippen LogP) is 3.46. The van der Waals surface area contributed by atoms with E-state index in [1.54, 1.807) is 0 Å². The van der Waals surface area contributed by atoms with Gasteiger partial charge in [0, 0.05) is 16.0 Å². The van der Waals surface area contributed by atoms with Crippen molar-refractivity contribution in [1.82, 2.24) is 4.98 Å². The molecule has 0 aliphatic rings. The first-order valence-electron chi connectivity index (χ1n) is 4.12. The van der Waals surface area contributed by atoms with Gasteiger partial charge in [0.25, 0.3) is 6.43 Å². The number of hydrogen-bond acceptors (Lipinski definition) is 3. The Labute approximate surface area is 107 Å². The van der Waals surface area contributed by atoms with Crippen molar-refractivity contribution in [3.8, 4) is 0 Å². The van der Waals surface area contributed by atoms with Crippen LogP contribution in [0.2, 0.25) is 0 Å². The normalized spacial score (nSPS) is 10.6. The number of aromatic nitrogens is 1. The van der Waals surface area contributed by atoms with Gasteiger partial charge in [0.15, 0.2) is 0 Å². The Hall–Kier alpha value is -0.560.